The van der Waals surface area contributed by atoms with Crippen LogP contribution in [0.3, 0.4) is 0 Å². The van der Waals surface area contributed by atoms with Gasteiger partial charge in [-0.15, -0.1) is 0 Å². The summed E-state index contributed by atoms with van der Waals surface area (Å²) in [5.74, 6) is 0.493. The molecule has 1 aliphatic rings. The average Bonchev–Trinajstić information content (AvgIpc) is 2.93. The number of allylic oxidation sites excluding steroid dienone is 4. The fourth-order valence-electron chi connectivity index (χ4n) is 2.30. The molecule has 0 N–H and O–H groups in total. The van der Waals surface area contributed by atoms with Crippen LogP contribution in [0.2, 0.25) is 19.6 Å². The standard InChI is InChI=1S/C16H23OSi.2ClH.Zr/c1-18(2,3)17-13-7-11-15-10-6-12-16(15)14-8-4-5-9-14;;;/h4-6,8-10,12,14H,7,11,13H2,1-3H3;2*1H;/q-1;;;+3/p-2. The van der Waals surface area contributed by atoms with Crippen LogP contribution in [0.1, 0.15) is 23.5 Å². The average molecular weight is 422 g/mol. The minimum atomic E-state index is -1.34. The summed E-state index contributed by atoms with van der Waals surface area (Å²) in [6.45, 7) is 7.63. The van der Waals surface area contributed by atoms with E-state index in [1.54, 1.807) is 0 Å². The molecule has 0 saturated heterocycles. The SMILES string of the molecule is C[Si](C)(C)OCCC[c-]1cccc1C1C=CC=C1.[Cl-].[Cl-].[Zr+3]. The monoisotopic (exact) mass is 419 g/mol. The van der Waals surface area contributed by atoms with Gasteiger partial charge in [-0.2, -0.15) is 17.2 Å². The van der Waals surface area contributed by atoms with Crippen LogP contribution in [-0.4, -0.2) is 14.9 Å². The number of aryl methyl sites for hydroxylation is 1. The Balaban J connectivity index is 0. The van der Waals surface area contributed by atoms with Gasteiger partial charge in [0.25, 0.3) is 0 Å². The van der Waals surface area contributed by atoms with Gasteiger partial charge in [0.2, 0.25) is 0 Å². The molecule has 0 bridgehead atoms. The first-order chi connectivity index (χ1) is 8.56. The van der Waals surface area contributed by atoms with Gasteiger partial charge in [0, 0.05) is 6.61 Å². The van der Waals surface area contributed by atoms with E-state index in [0.29, 0.717) is 5.92 Å². The van der Waals surface area contributed by atoms with E-state index in [0.717, 1.165) is 19.4 Å². The summed E-state index contributed by atoms with van der Waals surface area (Å²) in [7, 11) is -1.34. The summed E-state index contributed by atoms with van der Waals surface area (Å²) < 4.78 is 5.90. The molecule has 1 radical (unpaired) electrons. The van der Waals surface area contributed by atoms with Crippen LogP contribution in [0.4, 0.5) is 0 Å². The molecule has 2 rings (SSSR count). The molecule has 1 aromatic rings. The molecule has 0 amide bonds. The van der Waals surface area contributed by atoms with Crippen molar-refractivity contribution in [3.05, 3.63) is 53.6 Å². The zero-order chi connectivity index (χ0) is 13.0. The number of halogens is 2. The van der Waals surface area contributed by atoms with Gasteiger partial charge >= 0.3 is 26.2 Å². The summed E-state index contributed by atoms with van der Waals surface area (Å²) in [6, 6.07) is 6.67. The first-order valence-corrected chi connectivity index (χ1v) is 10.2. The van der Waals surface area contributed by atoms with Crippen molar-refractivity contribution in [2.45, 2.75) is 38.4 Å². The maximum atomic E-state index is 5.90. The molecule has 0 spiro atoms. The maximum Gasteiger partial charge on any atom is 3.00 e. The molecule has 0 unspecified atom stereocenters. The number of rotatable bonds is 6. The minimum absolute atomic E-state index is 0. The molecule has 115 valence electrons. The molecule has 0 saturated carbocycles. The molecule has 0 heterocycles. The third kappa shape index (κ3) is 8.04. The van der Waals surface area contributed by atoms with Crippen molar-refractivity contribution in [2.24, 2.45) is 0 Å². The van der Waals surface area contributed by atoms with Crippen LogP contribution in [0.5, 0.6) is 0 Å². The zero-order valence-corrected chi connectivity index (χ0v) is 17.9. The summed E-state index contributed by atoms with van der Waals surface area (Å²) >= 11 is 0. The van der Waals surface area contributed by atoms with Gasteiger partial charge in [-0.3, -0.25) is 0 Å². The summed E-state index contributed by atoms with van der Waals surface area (Å²) in [6.07, 6.45) is 11.0. The fraction of sp³-hybridized carbons (Fsp3) is 0.438. The normalized spacial score (nSPS) is 13.5. The van der Waals surface area contributed by atoms with Crippen LogP contribution < -0.4 is 24.8 Å². The third-order valence-corrected chi connectivity index (χ3v) is 4.25. The first kappa shape index (κ1) is 23.7. The van der Waals surface area contributed by atoms with E-state index in [1.165, 1.54) is 11.1 Å². The van der Waals surface area contributed by atoms with E-state index >= 15 is 0 Å². The van der Waals surface area contributed by atoms with E-state index in [2.05, 4.69) is 62.1 Å². The van der Waals surface area contributed by atoms with Crippen molar-refractivity contribution >= 4 is 8.32 Å². The fourth-order valence-corrected chi connectivity index (χ4v) is 3.06. The van der Waals surface area contributed by atoms with Crippen LogP contribution in [0.15, 0.2) is 42.5 Å². The van der Waals surface area contributed by atoms with Crippen LogP contribution in [0, 0.1) is 0 Å². The summed E-state index contributed by atoms with van der Waals surface area (Å²) in [5, 5.41) is 0. The molecule has 0 aromatic heterocycles. The quantitative estimate of drug-likeness (QED) is 0.306. The minimum Gasteiger partial charge on any atom is -1.00 e. The van der Waals surface area contributed by atoms with Crippen molar-refractivity contribution < 1.29 is 55.4 Å². The van der Waals surface area contributed by atoms with Gasteiger partial charge in [0.1, 0.15) is 0 Å². The van der Waals surface area contributed by atoms with E-state index < -0.39 is 8.32 Å². The topological polar surface area (TPSA) is 9.23 Å². The second kappa shape index (κ2) is 11.1. The molecule has 21 heavy (non-hydrogen) atoms. The predicted molar refractivity (Wildman–Crippen MR) is 80.7 cm³/mol. The van der Waals surface area contributed by atoms with E-state index in [-0.39, 0.29) is 51.0 Å². The zero-order valence-electron chi connectivity index (χ0n) is 12.9. The smallest absolute Gasteiger partial charge is 1.00 e. The van der Waals surface area contributed by atoms with Gasteiger partial charge in [-0.1, -0.05) is 30.7 Å². The maximum absolute atomic E-state index is 5.90. The number of hydrogen-bond donors (Lipinski definition) is 0. The van der Waals surface area contributed by atoms with Crippen LogP contribution >= 0.6 is 0 Å². The van der Waals surface area contributed by atoms with E-state index in [4.69, 9.17) is 4.43 Å². The first-order valence-electron chi connectivity index (χ1n) is 6.80. The van der Waals surface area contributed by atoms with Gasteiger partial charge in [0.05, 0.1) is 0 Å². The molecule has 5 heteroatoms. The van der Waals surface area contributed by atoms with Crippen molar-refractivity contribution in [3.63, 3.8) is 0 Å². The van der Waals surface area contributed by atoms with Gasteiger partial charge in [0.15, 0.2) is 8.32 Å². The van der Waals surface area contributed by atoms with Crippen molar-refractivity contribution in [1.29, 1.82) is 0 Å². The van der Waals surface area contributed by atoms with Gasteiger partial charge in [-0.05, 0) is 32.0 Å². The summed E-state index contributed by atoms with van der Waals surface area (Å²) in [4.78, 5) is 0. The van der Waals surface area contributed by atoms with E-state index in [1.807, 2.05) is 0 Å². The Labute approximate surface area is 161 Å². The Hall–Kier alpha value is 0.470. The summed E-state index contributed by atoms with van der Waals surface area (Å²) in [5.41, 5.74) is 2.95. The largest absolute Gasteiger partial charge is 3.00 e. The Bertz CT molecular complexity index is 437. The molecule has 1 aromatic carbocycles. The third-order valence-electron chi connectivity index (χ3n) is 3.18. The second-order valence-corrected chi connectivity index (χ2v) is 10.4. The van der Waals surface area contributed by atoms with Gasteiger partial charge in [-0.25, -0.2) is 12.1 Å². The Morgan fingerprint density at radius 3 is 2.33 bits per heavy atom. The van der Waals surface area contributed by atoms with Crippen molar-refractivity contribution in [2.75, 3.05) is 6.61 Å². The second-order valence-electron chi connectivity index (χ2n) is 5.87. The molecule has 0 aliphatic heterocycles. The van der Waals surface area contributed by atoms with Crippen molar-refractivity contribution in [1.82, 2.24) is 0 Å². The molecular weight excluding hydrogens is 398 g/mol. The Kier molecular flexibility index (Phi) is 12.5. The van der Waals surface area contributed by atoms with Crippen LogP contribution in [0.25, 0.3) is 0 Å². The van der Waals surface area contributed by atoms with Gasteiger partial charge < -0.3 is 29.2 Å². The van der Waals surface area contributed by atoms with Crippen LogP contribution in [-0.2, 0) is 37.1 Å². The van der Waals surface area contributed by atoms with Crippen molar-refractivity contribution in [3.8, 4) is 0 Å². The predicted octanol–water partition coefficient (Wildman–Crippen LogP) is -1.60. The molecule has 1 aliphatic carbocycles. The Morgan fingerprint density at radius 2 is 1.76 bits per heavy atom. The number of hydrogen-bond acceptors (Lipinski definition) is 1. The Morgan fingerprint density at radius 1 is 1.14 bits per heavy atom. The molecular formula is C16H23Cl2OSiZr. The molecule has 0 fully saturated rings. The molecule has 1 nitrogen and oxygen atoms in total. The molecule has 0 atom stereocenters. The van der Waals surface area contributed by atoms with E-state index in [9.17, 15) is 0 Å².